The van der Waals surface area contributed by atoms with E-state index in [2.05, 4.69) is 11.8 Å². The van der Waals surface area contributed by atoms with Crippen molar-refractivity contribution in [3.8, 4) is 0 Å². The number of benzene rings is 1. The van der Waals surface area contributed by atoms with Gasteiger partial charge in [-0.05, 0) is 37.2 Å². The molecule has 1 atom stereocenters. The lowest BCUT2D eigenvalue weighted by Gasteiger charge is -2.31. The van der Waals surface area contributed by atoms with Crippen LogP contribution < -0.4 is 0 Å². The molecule has 0 aromatic heterocycles. The molecule has 18 heavy (non-hydrogen) atoms. The van der Waals surface area contributed by atoms with E-state index >= 15 is 0 Å². The molecule has 1 fully saturated rings. The summed E-state index contributed by atoms with van der Waals surface area (Å²) in [5.74, 6) is -0.503. The maximum Gasteiger partial charge on any atom is 0.192 e. The summed E-state index contributed by atoms with van der Waals surface area (Å²) in [5, 5.41) is 0. The fourth-order valence-corrected chi connectivity index (χ4v) is 2.21. The van der Waals surface area contributed by atoms with Crippen LogP contribution in [0.5, 0.6) is 0 Å². The van der Waals surface area contributed by atoms with E-state index in [0.29, 0.717) is 18.7 Å². The van der Waals surface area contributed by atoms with Gasteiger partial charge in [-0.15, -0.1) is 0 Å². The van der Waals surface area contributed by atoms with Crippen molar-refractivity contribution in [1.29, 1.82) is 0 Å². The molecule has 3 nitrogen and oxygen atoms in total. The van der Waals surface area contributed by atoms with E-state index in [0.717, 1.165) is 18.7 Å². The summed E-state index contributed by atoms with van der Waals surface area (Å²) in [4.78, 5) is 14.4. The van der Waals surface area contributed by atoms with Gasteiger partial charge in [-0.25, -0.2) is 4.39 Å². The largest absolute Gasteiger partial charge is 0.367 e. The Morgan fingerprint density at radius 1 is 1.50 bits per heavy atom. The van der Waals surface area contributed by atoms with Crippen LogP contribution in [0.1, 0.15) is 22.8 Å². The lowest BCUT2D eigenvalue weighted by atomic mass is 10.0. The van der Waals surface area contributed by atoms with E-state index < -0.39 is 6.10 Å². The van der Waals surface area contributed by atoms with E-state index in [1.165, 1.54) is 12.1 Å². The summed E-state index contributed by atoms with van der Waals surface area (Å²) in [5.41, 5.74) is 1.15. The second-order valence-electron chi connectivity index (χ2n) is 4.63. The molecule has 0 aliphatic carbocycles. The van der Waals surface area contributed by atoms with Crippen LogP contribution in [0.25, 0.3) is 0 Å². The molecule has 0 N–H and O–H groups in total. The van der Waals surface area contributed by atoms with Crippen molar-refractivity contribution in [2.45, 2.75) is 20.0 Å². The third-order valence-electron chi connectivity index (χ3n) is 3.22. The third-order valence-corrected chi connectivity index (χ3v) is 3.22. The lowest BCUT2D eigenvalue weighted by Crippen LogP contribution is -2.45. The number of hydrogen-bond acceptors (Lipinski definition) is 3. The summed E-state index contributed by atoms with van der Waals surface area (Å²) in [7, 11) is 0. The molecule has 98 valence electrons. The van der Waals surface area contributed by atoms with Gasteiger partial charge in [-0.1, -0.05) is 6.92 Å². The van der Waals surface area contributed by atoms with Gasteiger partial charge in [0.25, 0.3) is 0 Å². The molecule has 1 aromatic rings. The van der Waals surface area contributed by atoms with Gasteiger partial charge >= 0.3 is 0 Å². The number of halogens is 1. The Bertz CT molecular complexity index is 427. The summed E-state index contributed by atoms with van der Waals surface area (Å²) in [6.07, 6.45) is -0.472. The van der Waals surface area contributed by atoms with Crippen LogP contribution in [-0.2, 0) is 4.74 Å². The first-order chi connectivity index (χ1) is 8.60. The zero-order valence-corrected chi connectivity index (χ0v) is 10.8. The predicted molar refractivity (Wildman–Crippen MR) is 67.3 cm³/mol. The Balaban J connectivity index is 2.15. The maximum atomic E-state index is 13.3. The van der Waals surface area contributed by atoms with Crippen LogP contribution in [-0.4, -0.2) is 43.0 Å². The molecule has 0 bridgehead atoms. The molecule has 1 heterocycles. The SMILES string of the molecule is CCN1CCOC(C(=O)c2cc(C)cc(F)c2)C1. The van der Waals surface area contributed by atoms with Gasteiger partial charge in [0.2, 0.25) is 0 Å². The van der Waals surface area contributed by atoms with Gasteiger partial charge in [0.05, 0.1) is 6.61 Å². The van der Waals surface area contributed by atoms with E-state index in [9.17, 15) is 9.18 Å². The van der Waals surface area contributed by atoms with Crippen molar-refractivity contribution in [2.75, 3.05) is 26.2 Å². The molecule has 0 amide bonds. The van der Waals surface area contributed by atoms with Gasteiger partial charge < -0.3 is 4.74 Å². The number of morpholine rings is 1. The van der Waals surface area contributed by atoms with E-state index in [-0.39, 0.29) is 11.6 Å². The molecular weight excluding hydrogens is 233 g/mol. The Morgan fingerprint density at radius 2 is 2.28 bits per heavy atom. The third kappa shape index (κ3) is 2.94. The standard InChI is InChI=1S/C14H18FNO2/c1-3-16-4-5-18-13(9-16)14(17)11-6-10(2)7-12(15)8-11/h6-8,13H,3-5,9H2,1-2H3. The number of hydrogen-bond donors (Lipinski definition) is 0. The zero-order valence-electron chi connectivity index (χ0n) is 10.8. The maximum absolute atomic E-state index is 13.3. The molecular formula is C14H18FNO2. The van der Waals surface area contributed by atoms with Crippen molar-refractivity contribution >= 4 is 5.78 Å². The monoisotopic (exact) mass is 251 g/mol. The van der Waals surface area contributed by atoms with Crippen molar-refractivity contribution < 1.29 is 13.9 Å². The number of Topliss-reactive ketones (excluding diaryl/α,β-unsaturated/α-hetero) is 1. The number of carbonyl (C=O) groups excluding carboxylic acids is 1. The molecule has 0 spiro atoms. The van der Waals surface area contributed by atoms with Gasteiger partial charge in [0.15, 0.2) is 5.78 Å². The molecule has 1 aliphatic heterocycles. The highest BCUT2D eigenvalue weighted by molar-refractivity contribution is 5.99. The Hall–Kier alpha value is -1.26. The fourth-order valence-electron chi connectivity index (χ4n) is 2.21. The Kier molecular flexibility index (Phi) is 4.09. The topological polar surface area (TPSA) is 29.5 Å². The molecule has 1 saturated heterocycles. The number of likely N-dealkylation sites (N-methyl/N-ethyl adjacent to an activating group) is 1. The quantitative estimate of drug-likeness (QED) is 0.770. The normalized spacial score (nSPS) is 20.9. The Morgan fingerprint density at radius 3 is 2.94 bits per heavy atom. The summed E-state index contributed by atoms with van der Waals surface area (Å²) in [6.45, 7) is 6.72. The number of aryl methyl sites for hydroxylation is 1. The van der Waals surface area contributed by atoms with Crippen LogP contribution >= 0.6 is 0 Å². The van der Waals surface area contributed by atoms with Gasteiger partial charge in [-0.2, -0.15) is 0 Å². The minimum atomic E-state index is -0.472. The van der Waals surface area contributed by atoms with Crippen molar-refractivity contribution in [1.82, 2.24) is 4.90 Å². The zero-order chi connectivity index (χ0) is 13.1. The predicted octanol–water partition coefficient (Wildman–Crippen LogP) is 2.04. The van der Waals surface area contributed by atoms with E-state index in [1.807, 2.05) is 0 Å². The average Bonchev–Trinajstić information content (AvgIpc) is 2.37. The lowest BCUT2D eigenvalue weighted by molar-refractivity contribution is -0.0148. The number of ketones is 1. The smallest absolute Gasteiger partial charge is 0.192 e. The molecule has 1 aliphatic rings. The number of ether oxygens (including phenoxy) is 1. The van der Waals surface area contributed by atoms with Crippen molar-refractivity contribution in [3.63, 3.8) is 0 Å². The molecule has 1 unspecified atom stereocenters. The molecule has 4 heteroatoms. The molecule has 1 aromatic carbocycles. The highest BCUT2D eigenvalue weighted by atomic mass is 19.1. The van der Waals surface area contributed by atoms with Gasteiger partial charge in [0.1, 0.15) is 11.9 Å². The Labute approximate surface area is 107 Å². The summed E-state index contributed by atoms with van der Waals surface area (Å²) < 4.78 is 18.8. The van der Waals surface area contributed by atoms with Crippen LogP contribution in [0.3, 0.4) is 0 Å². The first-order valence-corrected chi connectivity index (χ1v) is 6.25. The highest BCUT2D eigenvalue weighted by Crippen LogP contribution is 2.15. The number of rotatable bonds is 3. The molecule has 2 rings (SSSR count). The molecule has 0 saturated carbocycles. The second-order valence-corrected chi connectivity index (χ2v) is 4.63. The van der Waals surface area contributed by atoms with Crippen molar-refractivity contribution in [2.24, 2.45) is 0 Å². The minimum Gasteiger partial charge on any atom is -0.367 e. The van der Waals surface area contributed by atoms with E-state index in [1.54, 1.807) is 13.0 Å². The van der Waals surface area contributed by atoms with Crippen LogP contribution in [0, 0.1) is 12.7 Å². The average molecular weight is 251 g/mol. The number of carbonyl (C=O) groups is 1. The van der Waals surface area contributed by atoms with Crippen LogP contribution in [0.2, 0.25) is 0 Å². The second kappa shape index (κ2) is 5.59. The van der Waals surface area contributed by atoms with Gasteiger partial charge in [-0.3, -0.25) is 9.69 Å². The van der Waals surface area contributed by atoms with E-state index in [4.69, 9.17) is 4.74 Å². The van der Waals surface area contributed by atoms with Crippen molar-refractivity contribution in [3.05, 3.63) is 35.1 Å². The first-order valence-electron chi connectivity index (χ1n) is 6.25. The number of nitrogens with zero attached hydrogens (tertiary/aromatic N) is 1. The first kappa shape index (κ1) is 13.2. The minimum absolute atomic E-state index is 0.129. The van der Waals surface area contributed by atoms with Crippen LogP contribution in [0.15, 0.2) is 18.2 Å². The fraction of sp³-hybridized carbons (Fsp3) is 0.500. The highest BCUT2D eigenvalue weighted by Gasteiger charge is 2.27. The van der Waals surface area contributed by atoms with Crippen LogP contribution in [0.4, 0.5) is 4.39 Å². The summed E-state index contributed by atoms with van der Waals surface area (Å²) in [6, 6.07) is 4.40. The summed E-state index contributed by atoms with van der Waals surface area (Å²) >= 11 is 0. The molecule has 0 radical (unpaired) electrons. The van der Waals surface area contributed by atoms with Gasteiger partial charge in [0, 0.05) is 18.7 Å².